The van der Waals surface area contributed by atoms with E-state index in [2.05, 4.69) is 11.1 Å². The number of aliphatic imine (C=N–C) groups is 1. The van der Waals surface area contributed by atoms with Crippen LogP contribution in [0.3, 0.4) is 0 Å². The maximum absolute atomic E-state index is 13.6. The average Bonchev–Trinajstić information content (AvgIpc) is 3.37. The molecular formula is C25H22AsN3O4S. The number of amides is 1. The van der Waals surface area contributed by atoms with E-state index in [0.29, 0.717) is 10.2 Å². The Morgan fingerprint density at radius 1 is 0.971 bits per heavy atom. The molecule has 1 aromatic heterocycles. The number of carbonyl (C=O) groups is 1. The molecule has 0 saturated carbocycles. The second kappa shape index (κ2) is 8.15. The van der Waals surface area contributed by atoms with Gasteiger partial charge in [0.05, 0.1) is 0 Å². The number of fused-ring (bicyclic) bond motifs is 1. The topological polar surface area (TPSA) is 91.8 Å². The number of benzene rings is 3. The Morgan fingerprint density at radius 3 is 2.38 bits per heavy atom. The Labute approximate surface area is 206 Å². The molecule has 1 amide bonds. The van der Waals surface area contributed by atoms with Gasteiger partial charge in [-0.1, -0.05) is 0 Å². The molecule has 0 aliphatic carbocycles. The molecule has 9 heteroatoms. The number of amidine groups is 1. The second-order valence-electron chi connectivity index (χ2n) is 8.22. The summed E-state index contributed by atoms with van der Waals surface area (Å²) in [6.45, 7) is 0. The molecule has 34 heavy (non-hydrogen) atoms. The summed E-state index contributed by atoms with van der Waals surface area (Å²) >= 11 is 1.26. The number of carbonyl (C=O) groups excluding carboxylic acids is 1. The van der Waals surface area contributed by atoms with Crippen molar-refractivity contribution in [1.82, 2.24) is 9.88 Å². The van der Waals surface area contributed by atoms with E-state index in [1.165, 1.54) is 16.9 Å². The molecule has 3 aromatic carbocycles. The molecule has 1 aliphatic heterocycles. The van der Waals surface area contributed by atoms with Gasteiger partial charge >= 0.3 is 207 Å². The summed E-state index contributed by atoms with van der Waals surface area (Å²) in [7, 11) is -1.94. The van der Waals surface area contributed by atoms with Gasteiger partial charge in [0, 0.05) is 0 Å². The first-order chi connectivity index (χ1) is 16.2. The molecule has 2 heterocycles. The van der Waals surface area contributed by atoms with Crippen molar-refractivity contribution in [2.75, 3.05) is 13.3 Å². The zero-order valence-corrected chi connectivity index (χ0v) is 21.8. The van der Waals surface area contributed by atoms with Crippen molar-refractivity contribution >= 4 is 48.4 Å². The first kappa shape index (κ1) is 22.4. The minimum absolute atomic E-state index is 0.165. The van der Waals surface area contributed by atoms with E-state index in [-0.39, 0.29) is 11.7 Å². The van der Waals surface area contributed by atoms with Crippen molar-refractivity contribution in [2.24, 2.45) is 4.99 Å². The standard InChI is InChI=1S/C25H22AsN3O4S/c1-29-23(30)25(28-24(29)26,19-7-9-21(10-8-19)33-34(2,31)32)20-5-3-4-16(15-20)17-6-11-22-18(14-17)12-13-27-22/h3-15,27H,26H2,1-2H3. The van der Waals surface area contributed by atoms with Gasteiger partial charge in [-0.3, -0.25) is 0 Å². The van der Waals surface area contributed by atoms with Crippen LogP contribution in [-0.4, -0.2) is 59.0 Å². The van der Waals surface area contributed by atoms with Gasteiger partial charge < -0.3 is 0 Å². The van der Waals surface area contributed by atoms with Crippen LogP contribution in [0.4, 0.5) is 0 Å². The molecule has 1 N–H and O–H groups in total. The summed E-state index contributed by atoms with van der Waals surface area (Å²) in [4.78, 5) is 23.3. The van der Waals surface area contributed by atoms with Crippen LogP contribution in [0, 0.1) is 0 Å². The van der Waals surface area contributed by atoms with Crippen LogP contribution in [0.15, 0.2) is 84.0 Å². The number of aromatic amines is 1. The molecule has 4 aromatic rings. The average molecular weight is 535 g/mol. The van der Waals surface area contributed by atoms with Gasteiger partial charge in [0.15, 0.2) is 0 Å². The molecule has 0 bridgehead atoms. The van der Waals surface area contributed by atoms with E-state index < -0.39 is 15.7 Å². The van der Waals surface area contributed by atoms with Gasteiger partial charge in [-0.2, -0.15) is 0 Å². The van der Waals surface area contributed by atoms with E-state index in [4.69, 9.17) is 9.18 Å². The first-order valence-corrected chi connectivity index (χ1v) is 13.5. The molecule has 5 rings (SSSR count). The molecule has 2 unspecified atom stereocenters. The van der Waals surface area contributed by atoms with Crippen LogP contribution in [0.1, 0.15) is 11.1 Å². The molecule has 0 spiro atoms. The molecule has 1 aliphatic rings. The Balaban J connectivity index is 1.64. The van der Waals surface area contributed by atoms with Gasteiger partial charge in [0.25, 0.3) is 0 Å². The van der Waals surface area contributed by atoms with Crippen LogP contribution < -0.4 is 4.18 Å². The molecule has 0 radical (unpaired) electrons. The normalized spacial score (nSPS) is 18.4. The summed E-state index contributed by atoms with van der Waals surface area (Å²) in [6, 6.07) is 22.5. The number of rotatable bonds is 5. The monoisotopic (exact) mass is 535 g/mol. The maximum atomic E-state index is 13.6. The Hall–Kier alpha value is -3.35. The predicted octanol–water partition coefficient (Wildman–Crippen LogP) is 2.88. The first-order valence-electron chi connectivity index (χ1n) is 10.5. The summed E-state index contributed by atoms with van der Waals surface area (Å²) in [5.74, 6) is 0.0144. The van der Waals surface area contributed by atoms with Gasteiger partial charge in [0.2, 0.25) is 0 Å². The Bertz CT molecular complexity index is 1560. The van der Waals surface area contributed by atoms with E-state index in [1.807, 2.05) is 48.7 Å². The van der Waals surface area contributed by atoms with Gasteiger partial charge in [0.1, 0.15) is 0 Å². The summed E-state index contributed by atoms with van der Waals surface area (Å²) in [6.07, 6.45) is 2.90. The Morgan fingerprint density at radius 2 is 1.71 bits per heavy atom. The van der Waals surface area contributed by atoms with Crippen molar-refractivity contribution < 1.29 is 17.4 Å². The number of aromatic nitrogens is 1. The summed E-state index contributed by atoms with van der Waals surface area (Å²) in [5, 5.41) is 1.10. The van der Waals surface area contributed by atoms with Crippen molar-refractivity contribution in [2.45, 2.75) is 5.54 Å². The third kappa shape index (κ3) is 3.83. The second-order valence-corrected chi connectivity index (χ2v) is 10.9. The van der Waals surface area contributed by atoms with Crippen molar-refractivity contribution in [3.05, 3.63) is 90.1 Å². The number of nitrogens with one attached hydrogen (secondary N) is 1. The van der Waals surface area contributed by atoms with Crippen LogP contribution in [0.25, 0.3) is 22.0 Å². The third-order valence-electron chi connectivity index (χ3n) is 5.93. The van der Waals surface area contributed by atoms with E-state index in [1.54, 1.807) is 36.2 Å². The molecule has 7 nitrogen and oxygen atoms in total. The van der Waals surface area contributed by atoms with Gasteiger partial charge in [-0.25, -0.2) is 0 Å². The van der Waals surface area contributed by atoms with Crippen LogP contribution >= 0.6 is 0 Å². The van der Waals surface area contributed by atoms with Gasteiger partial charge in [-0.05, 0) is 0 Å². The van der Waals surface area contributed by atoms with Crippen LogP contribution in [0.5, 0.6) is 5.75 Å². The molecule has 2 atom stereocenters. The number of H-pyrrole nitrogens is 1. The fraction of sp³-hybridized carbons (Fsp3) is 0.120. The predicted molar refractivity (Wildman–Crippen MR) is 135 cm³/mol. The van der Waals surface area contributed by atoms with Gasteiger partial charge in [-0.15, -0.1) is 0 Å². The zero-order chi connectivity index (χ0) is 24.1. The molecule has 0 fully saturated rings. The molecule has 172 valence electrons. The van der Waals surface area contributed by atoms with E-state index >= 15 is 0 Å². The summed E-state index contributed by atoms with van der Waals surface area (Å²) < 4.78 is 28.6. The SMILES string of the molecule is CN1C(=O)C(c2ccc(OS(C)(=O)=O)cc2)(c2cccc(-c3ccc4[nH]ccc4c3)c2)N=C1[AsH2]. The number of likely N-dealkylation sites (N-methyl/N-ethyl adjacent to an activating group) is 1. The van der Waals surface area contributed by atoms with Crippen LogP contribution in [-0.2, 0) is 20.5 Å². The quantitative estimate of drug-likeness (QED) is 0.314. The fourth-order valence-electron chi connectivity index (χ4n) is 4.27. The number of nitrogens with zero attached hydrogens (tertiary/aromatic N) is 2. The number of hydrogen-bond donors (Lipinski definition) is 1. The zero-order valence-electron chi connectivity index (χ0n) is 18.5. The molecule has 0 saturated heterocycles. The van der Waals surface area contributed by atoms with Crippen molar-refractivity contribution in [3.8, 4) is 16.9 Å². The Kier molecular flexibility index (Phi) is 5.38. The summed E-state index contributed by atoms with van der Waals surface area (Å²) in [5.41, 5.74) is 3.17. The van der Waals surface area contributed by atoms with E-state index in [9.17, 15) is 13.2 Å². The van der Waals surface area contributed by atoms with Crippen LogP contribution in [0.2, 0.25) is 0 Å². The number of hydrogen-bond acceptors (Lipinski definition) is 5. The fourth-order valence-corrected chi connectivity index (χ4v) is 5.38. The van der Waals surface area contributed by atoms with Crippen molar-refractivity contribution in [3.63, 3.8) is 0 Å². The molecular weight excluding hydrogens is 513 g/mol. The van der Waals surface area contributed by atoms with E-state index in [0.717, 1.165) is 33.8 Å². The third-order valence-corrected chi connectivity index (χ3v) is 7.51. The van der Waals surface area contributed by atoms with Crippen molar-refractivity contribution in [1.29, 1.82) is 0 Å². The minimum atomic E-state index is -3.65.